The fourth-order valence-electron chi connectivity index (χ4n) is 0. The molecule has 0 aromatic carbocycles. The first-order valence-corrected chi connectivity index (χ1v) is 1.65. The van der Waals surface area contributed by atoms with Crippen molar-refractivity contribution in [2.24, 2.45) is 0 Å². The van der Waals surface area contributed by atoms with E-state index in [9.17, 15) is 0 Å². The second-order valence-corrected chi connectivity index (χ2v) is 0.834. The van der Waals surface area contributed by atoms with Gasteiger partial charge < -0.3 is 31.7 Å². The van der Waals surface area contributed by atoms with Gasteiger partial charge in [0.2, 0.25) is 0 Å². The van der Waals surface area contributed by atoms with Crippen molar-refractivity contribution in [1.82, 2.24) is 6.15 Å². The molecule has 0 fully saturated rings. The standard InChI is InChI=1S/C2H2O4.Ce.NO3.H3N/c3-1(4)2(5)6;;2-1(3)4;/h(H,3,4)(H,5,6);;;1H3/q;;-1;/p+1. The second-order valence-electron chi connectivity index (χ2n) is 0.834. The Balaban J connectivity index is -0.0000000483. The molecule has 0 rings (SSSR count). The van der Waals surface area contributed by atoms with Gasteiger partial charge in [-0.1, -0.05) is 0 Å². The van der Waals surface area contributed by atoms with E-state index >= 15 is 0 Å². The Labute approximate surface area is 99.4 Å². The van der Waals surface area contributed by atoms with Crippen LogP contribution in [0.4, 0.5) is 0 Å². The summed E-state index contributed by atoms with van der Waals surface area (Å²) in [5.41, 5.74) is 0. The Bertz CT molecular complexity index is 141. The molecule has 0 heterocycles. The minimum atomic E-state index is -1.82. The van der Waals surface area contributed by atoms with Gasteiger partial charge in [-0.15, -0.1) is 0 Å². The van der Waals surface area contributed by atoms with Crippen LogP contribution >= 0.6 is 0 Å². The number of rotatable bonds is 0. The summed E-state index contributed by atoms with van der Waals surface area (Å²) in [6, 6.07) is 0. The zero-order chi connectivity index (χ0) is 8.73. The van der Waals surface area contributed by atoms with Crippen molar-refractivity contribution in [1.29, 1.82) is 0 Å². The second kappa shape index (κ2) is 13.1. The van der Waals surface area contributed by atoms with Crippen molar-refractivity contribution in [3.8, 4) is 0 Å². The molecular formula is C2H6CeN2O7. The first kappa shape index (κ1) is 22.5. The Morgan fingerprint density at radius 2 is 1.17 bits per heavy atom. The number of carboxylic acids is 2. The summed E-state index contributed by atoms with van der Waals surface area (Å²) >= 11 is 0. The van der Waals surface area contributed by atoms with Crippen molar-refractivity contribution in [3.05, 3.63) is 15.3 Å². The maximum Gasteiger partial charge on any atom is 0.414 e. The molecule has 12 heavy (non-hydrogen) atoms. The number of hydrogen-bond donors (Lipinski definition) is 3. The topological polar surface area (TPSA) is 177 Å². The number of quaternary nitrogens is 1. The van der Waals surface area contributed by atoms with Crippen LogP contribution in [0.1, 0.15) is 0 Å². The van der Waals surface area contributed by atoms with E-state index < -0.39 is 17.0 Å². The first-order valence-electron chi connectivity index (χ1n) is 1.65. The van der Waals surface area contributed by atoms with Gasteiger partial charge in [0.05, 0.1) is 5.09 Å². The van der Waals surface area contributed by atoms with Gasteiger partial charge in [-0.3, -0.25) is 0 Å². The smallest absolute Gasteiger partial charge is 0.414 e. The third-order valence-corrected chi connectivity index (χ3v) is 0.183. The van der Waals surface area contributed by atoms with Crippen LogP contribution in [0.15, 0.2) is 0 Å². The van der Waals surface area contributed by atoms with E-state index in [2.05, 4.69) is 0 Å². The number of carboxylic acid groups (broad SMARTS) is 2. The molecule has 0 aromatic heterocycles. The third kappa shape index (κ3) is 56.3. The van der Waals surface area contributed by atoms with Crippen molar-refractivity contribution in [2.75, 3.05) is 0 Å². The minimum absolute atomic E-state index is 0. The Hall–Kier alpha value is -0.523. The summed E-state index contributed by atoms with van der Waals surface area (Å²) in [5, 5.41) is 29.5. The summed E-state index contributed by atoms with van der Waals surface area (Å²) in [6.45, 7) is 0. The van der Waals surface area contributed by atoms with Crippen LogP contribution in [0, 0.1) is 57.1 Å². The summed E-state index contributed by atoms with van der Waals surface area (Å²) in [5.74, 6) is -3.65. The van der Waals surface area contributed by atoms with Crippen molar-refractivity contribution in [3.63, 3.8) is 0 Å². The summed E-state index contributed by atoms with van der Waals surface area (Å²) in [6.07, 6.45) is 0. The van der Waals surface area contributed by atoms with E-state index in [-0.39, 0.29) is 47.9 Å². The van der Waals surface area contributed by atoms with Crippen molar-refractivity contribution >= 4 is 11.9 Å². The van der Waals surface area contributed by atoms with E-state index in [1.165, 1.54) is 0 Å². The maximum atomic E-state index is 9.10. The van der Waals surface area contributed by atoms with Crippen LogP contribution in [0.25, 0.3) is 0 Å². The zero-order valence-electron chi connectivity index (χ0n) is 5.88. The number of nitrogens with zero attached hydrogens (tertiary/aromatic N) is 1. The minimum Gasteiger partial charge on any atom is -0.473 e. The SMILES string of the molecule is O=C(O)C(=O)O.O=[N+]([O-])[O-].[Ce].[NH4+]. The molecule has 0 atom stereocenters. The molecule has 0 aliphatic carbocycles. The molecule has 0 aliphatic rings. The molecule has 0 radical (unpaired) electrons. The fourth-order valence-corrected chi connectivity index (χ4v) is 0. The molecule has 0 saturated carbocycles. The van der Waals surface area contributed by atoms with Gasteiger partial charge in [-0.2, -0.15) is 0 Å². The van der Waals surface area contributed by atoms with Crippen molar-refractivity contribution < 1.29 is 66.6 Å². The molecule has 10 heteroatoms. The Morgan fingerprint density at radius 1 is 1.08 bits per heavy atom. The van der Waals surface area contributed by atoms with Crippen LogP contribution in [0.2, 0.25) is 0 Å². The molecule has 0 unspecified atom stereocenters. The average molecular weight is 310 g/mol. The van der Waals surface area contributed by atoms with Gasteiger partial charge in [-0.25, -0.2) is 9.59 Å². The van der Waals surface area contributed by atoms with Crippen LogP contribution in [-0.4, -0.2) is 27.2 Å². The van der Waals surface area contributed by atoms with Gasteiger partial charge in [0.1, 0.15) is 0 Å². The first-order chi connectivity index (χ1) is 4.37. The molecule has 0 bridgehead atoms. The van der Waals surface area contributed by atoms with Crippen LogP contribution in [0.3, 0.4) is 0 Å². The molecule has 0 spiro atoms. The van der Waals surface area contributed by atoms with E-state index in [0.29, 0.717) is 0 Å². The Morgan fingerprint density at radius 3 is 1.17 bits per heavy atom. The molecule has 0 aliphatic heterocycles. The quantitative estimate of drug-likeness (QED) is 0.300. The van der Waals surface area contributed by atoms with Gasteiger partial charge in [0, 0.05) is 41.7 Å². The number of carbonyl (C=O) groups is 2. The van der Waals surface area contributed by atoms with Crippen molar-refractivity contribution in [2.45, 2.75) is 0 Å². The molecule has 0 saturated heterocycles. The van der Waals surface area contributed by atoms with Gasteiger partial charge >= 0.3 is 11.9 Å². The molecule has 0 aromatic rings. The summed E-state index contributed by atoms with van der Waals surface area (Å²) in [7, 11) is 0. The van der Waals surface area contributed by atoms with Crippen LogP contribution in [0.5, 0.6) is 0 Å². The van der Waals surface area contributed by atoms with E-state index in [4.69, 9.17) is 35.1 Å². The van der Waals surface area contributed by atoms with Crippen LogP contribution in [-0.2, 0) is 9.59 Å². The van der Waals surface area contributed by atoms with E-state index in [1.54, 1.807) is 0 Å². The summed E-state index contributed by atoms with van der Waals surface area (Å²) in [4.78, 5) is 26.4. The third-order valence-electron chi connectivity index (χ3n) is 0.183. The molecule has 70 valence electrons. The van der Waals surface area contributed by atoms with Gasteiger partial charge in [0.15, 0.2) is 0 Å². The molecule has 6 N–H and O–H groups in total. The Kier molecular flexibility index (Phi) is 24.6. The molecular weight excluding hydrogens is 304 g/mol. The fraction of sp³-hybridized carbons (Fsp3) is 0. The van der Waals surface area contributed by atoms with Gasteiger partial charge in [-0.05, 0) is 0 Å². The summed E-state index contributed by atoms with van der Waals surface area (Å²) < 4.78 is 0. The van der Waals surface area contributed by atoms with E-state index in [0.717, 1.165) is 0 Å². The van der Waals surface area contributed by atoms with Gasteiger partial charge in [0.25, 0.3) is 0 Å². The normalized spacial score (nSPS) is 5.67. The monoisotopic (exact) mass is 310 g/mol. The predicted octanol–water partition coefficient (Wildman–Crippen LogP) is -0.707. The number of aliphatic carboxylic acids is 2. The van der Waals surface area contributed by atoms with Crippen LogP contribution < -0.4 is 6.15 Å². The average Bonchev–Trinajstić information content (AvgIpc) is 1.63. The van der Waals surface area contributed by atoms with E-state index in [1.807, 2.05) is 0 Å². The predicted molar refractivity (Wildman–Crippen MR) is 31.6 cm³/mol. The molecule has 9 nitrogen and oxygen atoms in total. The maximum absolute atomic E-state index is 9.10. The zero-order valence-corrected chi connectivity index (χ0v) is 9.02. The largest absolute Gasteiger partial charge is 0.473 e. The number of hydrogen-bond acceptors (Lipinski definition) is 5. The molecule has 0 amide bonds.